The van der Waals surface area contributed by atoms with Crippen molar-refractivity contribution in [2.75, 3.05) is 13.1 Å². The van der Waals surface area contributed by atoms with Gasteiger partial charge in [0.05, 0.1) is 5.56 Å². The summed E-state index contributed by atoms with van der Waals surface area (Å²) in [5, 5.41) is 9.73. The minimum absolute atomic E-state index is 0.0319. The Labute approximate surface area is 127 Å². The lowest BCUT2D eigenvalue weighted by Crippen LogP contribution is -2.39. The third-order valence-electron chi connectivity index (χ3n) is 4.13. The number of aromatic nitrogens is 2. The Balaban J connectivity index is 1.61. The number of carbonyl (C=O) groups excluding carboxylic acids is 1. The standard InChI is InChI=1S/C16H18FN3O2/c17-12-1-2-14(21)13(10-12)16(22)20-7-3-11(4-8-20)9-15-18-5-6-19-15/h1-2,5-6,10-11,21H,3-4,7-9H2,(H,18,19). The average Bonchev–Trinajstić information content (AvgIpc) is 3.03. The molecule has 6 heteroatoms. The molecule has 22 heavy (non-hydrogen) atoms. The van der Waals surface area contributed by atoms with Crippen molar-refractivity contribution in [1.82, 2.24) is 14.9 Å². The largest absolute Gasteiger partial charge is 0.507 e. The van der Waals surface area contributed by atoms with E-state index < -0.39 is 5.82 Å². The number of rotatable bonds is 3. The summed E-state index contributed by atoms with van der Waals surface area (Å²) in [5.74, 6) is 0.440. The number of carbonyl (C=O) groups is 1. The van der Waals surface area contributed by atoms with Gasteiger partial charge in [0.2, 0.25) is 0 Å². The molecule has 1 aliphatic rings. The molecule has 1 amide bonds. The first-order valence-electron chi connectivity index (χ1n) is 7.39. The second-order valence-corrected chi connectivity index (χ2v) is 5.64. The zero-order valence-electron chi connectivity index (χ0n) is 12.1. The fraction of sp³-hybridized carbons (Fsp3) is 0.375. The van der Waals surface area contributed by atoms with Crippen LogP contribution in [0.3, 0.4) is 0 Å². The van der Waals surface area contributed by atoms with Crippen LogP contribution in [0.15, 0.2) is 30.6 Å². The average molecular weight is 303 g/mol. The molecule has 0 bridgehead atoms. The fourth-order valence-electron chi connectivity index (χ4n) is 2.87. The number of nitrogens with one attached hydrogen (secondary N) is 1. The van der Waals surface area contributed by atoms with Crippen molar-refractivity contribution < 1.29 is 14.3 Å². The molecule has 0 unspecified atom stereocenters. The van der Waals surface area contributed by atoms with Crippen molar-refractivity contribution in [3.05, 3.63) is 47.8 Å². The van der Waals surface area contributed by atoms with E-state index in [1.165, 1.54) is 6.07 Å². The topological polar surface area (TPSA) is 69.2 Å². The maximum Gasteiger partial charge on any atom is 0.257 e. The second kappa shape index (κ2) is 6.17. The number of benzene rings is 1. The normalized spacial score (nSPS) is 16.0. The minimum Gasteiger partial charge on any atom is -0.507 e. The van der Waals surface area contributed by atoms with E-state index in [-0.39, 0.29) is 17.2 Å². The van der Waals surface area contributed by atoms with Gasteiger partial charge in [0, 0.05) is 31.9 Å². The summed E-state index contributed by atoms with van der Waals surface area (Å²) in [4.78, 5) is 21.4. The number of halogens is 1. The quantitative estimate of drug-likeness (QED) is 0.914. The number of phenols is 1. The Bertz CT molecular complexity index is 649. The van der Waals surface area contributed by atoms with Crippen LogP contribution < -0.4 is 0 Å². The Kier molecular flexibility index (Phi) is 4.09. The molecule has 5 nitrogen and oxygen atoms in total. The van der Waals surface area contributed by atoms with Crippen LogP contribution in [0.25, 0.3) is 0 Å². The van der Waals surface area contributed by atoms with Crippen LogP contribution in [-0.2, 0) is 6.42 Å². The molecule has 0 aliphatic carbocycles. The number of aromatic amines is 1. The number of hydrogen-bond donors (Lipinski definition) is 2. The van der Waals surface area contributed by atoms with E-state index in [0.717, 1.165) is 37.2 Å². The number of hydrogen-bond acceptors (Lipinski definition) is 3. The highest BCUT2D eigenvalue weighted by atomic mass is 19.1. The number of amides is 1. The molecule has 1 aromatic carbocycles. The van der Waals surface area contributed by atoms with Crippen LogP contribution in [0.4, 0.5) is 4.39 Å². The first kappa shape index (κ1) is 14.6. The molecule has 0 atom stereocenters. The van der Waals surface area contributed by atoms with Gasteiger partial charge in [-0.15, -0.1) is 0 Å². The molecule has 1 aliphatic heterocycles. The Morgan fingerprint density at radius 2 is 2.18 bits per heavy atom. The molecule has 2 heterocycles. The van der Waals surface area contributed by atoms with Crippen LogP contribution in [-0.4, -0.2) is 39.0 Å². The Morgan fingerprint density at radius 1 is 1.41 bits per heavy atom. The number of aromatic hydroxyl groups is 1. The van der Waals surface area contributed by atoms with Crippen LogP contribution in [0.2, 0.25) is 0 Å². The summed E-state index contributed by atoms with van der Waals surface area (Å²) >= 11 is 0. The van der Waals surface area contributed by atoms with Crippen molar-refractivity contribution in [2.45, 2.75) is 19.3 Å². The zero-order chi connectivity index (χ0) is 15.5. The summed E-state index contributed by atoms with van der Waals surface area (Å²) in [5.41, 5.74) is 0.0319. The van der Waals surface area contributed by atoms with Gasteiger partial charge in [-0.2, -0.15) is 0 Å². The molecule has 1 fully saturated rings. The van der Waals surface area contributed by atoms with Gasteiger partial charge in [-0.25, -0.2) is 9.37 Å². The smallest absolute Gasteiger partial charge is 0.257 e. The summed E-state index contributed by atoms with van der Waals surface area (Å²) in [6, 6.07) is 3.44. The molecule has 0 radical (unpaired) electrons. The van der Waals surface area contributed by atoms with Crippen LogP contribution >= 0.6 is 0 Å². The zero-order valence-corrected chi connectivity index (χ0v) is 12.1. The second-order valence-electron chi connectivity index (χ2n) is 5.64. The Hall–Kier alpha value is -2.37. The van der Waals surface area contributed by atoms with E-state index in [0.29, 0.717) is 19.0 Å². The van der Waals surface area contributed by atoms with Crippen molar-refractivity contribution in [3.8, 4) is 5.75 Å². The van der Waals surface area contributed by atoms with E-state index >= 15 is 0 Å². The van der Waals surface area contributed by atoms with Gasteiger partial charge in [-0.1, -0.05) is 0 Å². The number of H-pyrrole nitrogens is 1. The first-order chi connectivity index (χ1) is 10.6. The van der Waals surface area contributed by atoms with Gasteiger partial charge < -0.3 is 15.0 Å². The van der Waals surface area contributed by atoms with E-state index in [1.54, 1.807) is 17.3 Å². The SMILES string of the molecule is O=C(c1cc(F)ccc1O)N1CCC(Cc2ncc[nH]2)CC1. The highest BCUT2D eigenvalue weighted by molar-refractivity contribution is 5.96. The lowest BCUT2D eigenvalue weighted by molar-refractivity contribution is 0.0686. The maximum absolute atomic E-state index is 13.3. The molecule has 0 saturated carbocycles. The molecule has 0 spiro atoms. The third-order valence-corrected chi connectivity index (χ3v) is 4.13. The Morgan fingerprint density at radius 3 is 2.86 bits per heavy atom. The van der Waals surface area contributed by atoms with Gasteiger partial charge in [0.25, 0.3) is 5.91 Å². The predicted octanol–water partition coefficient (Wildman–Crippen LogP) is 2.35. The van der Waals surface area contributed by atoms with E-state index in [9.17, 15) is 14.3 Å². The highest BCUT2D eigenvalue weighted by Crippen LogP contribution is 2.25. The summed E-state index contributed by atoms with van der Waals surface area (Å²) in [6.07, 6.45) is 6.17. The number of imidazole rings is 1. The van der Waals surface area contributed by atoms with E-state index in [2.05, 4.69) is 9.97 Å². The van der Waals surface area contributed by atoms with E-state index in [4.69, 9.17) is 0 Å². The molecular weight excluding hydrogens is 285 g/mol. The maximum atomic E-state index is 13.3. The highest BCUT2D eigenvalue weighted by Gasteiger charge is 2.25. The number of phenolic OH excluding ortho intramolecular Hbond substituents is 1. The minimum atomic E-state index is -0.520. The van der Waals surface area contributed by atoms with Crippen LogP contribution in [0, 0.1) is 11.7 Å². The van der Waals surface area contributed by atoms with Crippen molar-refractivity contribution in [2.24, 2.45) is 5.92 Å². The number of likely N-dealkylation sites (tertiary alicyclic amines) is 1. The molecule has 116 valence electrons. The van der Waals surface area contributed by atoms with Crippen molar-refractivity contribution in [3.63, 3.8) is 0 Å². The van der Waals surface area contributed by atoms with Crippen LogP contribution in [0.1, 0.15) is 29.0 Å². The molecule has 1 aromatic heterocycles. The summed E-state index contributed by atoms with van der Waals surface area (Å²) < 4.78 is 13.3. The molecule has 2 N–H and O–H groups in total. The first-order valence-corrected chi connectivity index (χ1v) is 7.39. The van der Waals surface area contributed by atoms with E-state index in [1.807, 2.05) is 0 Å². The van der Waals surface area contributed by atoms with Gasteiger partial charge in [-0.05, 0) is 37.0 Å². The summed E-state index contributed by atoms with van der Waals surface area (Å²) in [6.45, 7) is 1.22. The fourth-order valence-corrected chi connectivity index (χ4v) is 2.87. The lowest BCUT2D eigenvalue weighted by atomic mass is 9.93. The van der Waals surface area contributed by atoms with Crippen molar-refractivity contribution >= 4 is 5.91 Å². The number of piperidine rings is 1. The molecule has 2 aromatic rings. The number of nitrogens with zero attached hydrogens (tertiary/aromatic N) is 2. The van der Waals surface area contributed by atoms with Gasteiger partial charge >= 0.3 is 0 Å². The summed E-state index contributed by atoms with van der Waals surface area (Å²) in [7, 11) is 0. The third kappa shape index (κ3) is 3.10. The molecule has 3 rings (SSSR count). The molecule has 1 saturated heterocycles. The molecular formula is C16H18FN3O2. The van der Waals surface area contributed by atoms with Crippen molar-refractivity contribution in [1.29, 1.82) is 0 Å². The predicted molar refractivity (Wildman–Crippen MR) is 79.0 cm³/mol. The monoisotopic (exact) mass is 303 g/mol. The lowest BCUT2D eigenvalue weighted by Gasteiger charge is -2.31. The van der Waals surface area contributed by atoms with Gasteiger partial charge in [0.15, 0.2) is 0 Å². The van der Waals surface area contributed by atoms with Gasteiger partial charge in [-0.3, -0.25) is 4.79 Å². The van der Waals surface area contributed by atoms with Crippen LogP contribution in [0.5, 0.6) is 5.75 Å². The van der Waals surface area contributed by atoms with Gasteiger partial charge in [0.1, 0.15) is 17.4 Å².